The summed E-state index contributed by atoms with van der Waals surface area (Å²) >= 11 is 0. The molecule has 0 aromatic carbocycles. The van der Waals surface area contributed by atoms with Crippen LogP contribution in [0.2, 0.25) is 0 Å². The lowest BCUT2D eigenvalue weighted by Crippen LogP contribution is -2.21. The Labute approximate surface area is 101 Å². The van der Waals surface area contributed by atoms with Gasteiger partial charge in [0.2, 0.25) is 0 Å². The average molecular weight is 232 g/mol. The molecule has 0 amide bonds. The molecule has 1 aliphatic heterocycles. The van der Waals surface area contributed by atoms with Crippen LogP contribution in [-0.2, 0) is 16.1 Å². The maximum Gasteiger partial charge on any atom is 0.313 e. The fourth-order valence-corrected chi connectivity index (χ4v) is 1.85. The summed E-state index contributed by atoms with van der Waals surface area (Å²) in [5.41, 5.74) is 1.18. The van der Waals surface area contributed by atoms with Crippen LogP contribution in [0.1, 0.15) is 13.3 Å². The van der Waals surface area contributed by atoms with Crippen molar-refractivity contribution >= 4 is 5.97 Å². The molecule has 90 valence electrons. The van der Waals surface area contributed by atoms with Crippen molar-refractivity contribution in [1.82, 2.24) is 9.78 Å². The third kappa shape index (κ3) is 3.06. The van der Waals surface area contributed by atoms with Gasteiger partial charge in [0, 0.05) is 12.4 Å². The number of ether oxygens (including phenoxy) is 1. The van der Waals surface area contributed by atoms with Gasteiger partial charge < -0.3 is 4.74 Å². The predicted molar refractivity (Wildman–Crippen MR) is 64.2 cm³/mol. The van der Waals surface area contributed by atoms with Gasteiger partial charge in [0.25, 0.3) is 0 Å². The highest BCUT2D eigenvalue weighted by Gasteiger charge is 2.20. The van der Waals surface area contributed by atoms with Crippen molar-refractivity contribution in [3.63, 3.8) is 0 Å². The van der Waals surface area contributed by atoms with Crippen LogP contribution in [0.4, 0.5) is 0 Å². The smallest absolute Gasteiger partial charge is 0.313 e. The minimum Gasteiger partial charge on any atom is -0.461 e. The van der Waals surface area contributed by atoms with Gasteiger partial charge >= 0.3 is 5.97 Å². The van der Waals surface area contributed by atoms with Crippen molar-refractivity contribution in [3.8, 4) is 0 Å². The van der Waals surface area contributed by atoms with Gasteiger partial charge in [-0.2, -0.15) is 5.10 Å². The van der Waals surface area contributed by atoms with Crippen molar-refractivity contribution < 1.29 is 9.53 Å². The Bertz CT molecular complexity index is 432. The van der Waals surface area contributed by atoms with Crippen LogP contribution in [0.15, 0.2) is 42.3 Å². The van der Waals surface area contributed by atoms with E-state index in [1.807, 2.05) is 42.1 Å². The first kappa shape index (κ1) is 11.6. The Hall–Kier alpha value is -1.84. The van der Waals surface area contributed by atoms with E-state index in [4.69, 9.17) is 4.74 Å². The van der Waals surface area contributed by atoms with E-state index in [-0.39, 0.29) is 11.9 Å². The highest BCUT2D eigenvalue weighted by Crippen LogP contribution is 2.19. The molecule has 0 bridgehead atoms. The molecule has 0 saturated carbocycles. The van der Waals surface area contributed by atoms with E-state index in [2.05, 4.69) is 5.10 Å². The molecule has 1 atom stereocenters. The van der Waals surface area contributed by atoms with Crippen molar-refractivity contribution in [3.05, 3.63) is 42.3 Å². The SMILES string of the molecule is C/C=C(/CC1C=CCOC1=O)Cn1cccn1. The van der Waals surface area contributed by atoms with Gasteiger partial charge in [0.15, 0.2) is 0 Å². The summed E-state index contributed by atoms with van der Waals surface area (Å²) in [6, 6.07) is 1.89. The molecule has 0 aliphatic carbocycles. The molecular formula is C13H16N2O2. The number of allylic oxidation sites excluding steroid dienone is 2. The van der Waals surface area contributed by atoms with Crippen LogP contribution >= 0.6 is 0 Å². The maximum absolute atomic E-state index is 11.5. The second-order valence-corrected chi connectivity index (χ2v) is 4.02. The monoisotopic (exact) mass is 232 g/mol. The summed E-state index contributed by atoms with van der Waals surface area (Å²) in [6.45, 7) is 3.11. The highest BCUT2D eigenvalue weighted by atomic mass is 16.5. The minimum absolute atomic E-state index is 0.132. The van der Waals surface area contributed by atoms with E-state index < -0.39 is 0 Å². The van der Waals surface area contributed by atoms with Gasteiger partial charge in [-0.05, 0) is 19.4 Å². The normalized spacial score (nSPS) is 20.4. The van der Waals surface area contributed by atoms with Crippen LogP contribution in [0.3, 0.4) is 0 Å². The van der Waals surface area contributed by atoms with Crippen molar-refractivity contribution in [2.75, 3.05) is 6.61 Å². The molecule has 1 aliphatic rings. The molecule has 17 heavy (non-hydrogen) atoms. The second-order valence-electron chi connectivity index (χ2n) is 4.02. The standard InChI is InChI=1S/C13H16N2O2/c1-2-11(10-15-7-4-6-14-15)9-12-5-3-8-17-13(12)16/h2-7,12H,8-10H2,1H3/b11-2-. The van der Waals surface area contributed by atoms with Crippen LogP contribution in [0, 0.1) is 5.92 Å². The summed E-state index contributed by atoms with van der Waals surface area (Å²) in [5.74, 6) is -0.280. The molecule has 0 N–H and O–H groups in total. The highest BCUT2D eigenvalue weighted by molar-refractivity contribution is 5.75. The third-order valence-electron chi connectivity index (χ3n) is 2.81. The lowest BCUT2D eigenvalue weighted by Gasteiger charge is -2.17. The van der Waals surface area contributed by atoms with E-state index in [0.29, 0.717) is 13.0 Å². The lowest BCUT2D eigenvalue weighted by atomic mass is 9.97. The molecule has 1 aromatic heterocycles. The molecule has 1 unspecified atom stereocenters. The molecule has 4 nitrogen and oxygen atoms in total. The van der Waals surface area contributed by atoms with Crippen LogP contribution in [-0.4, -0.2) is 22.4 Å². The summed E-state index contributed by atoms with van der Waals surface area (Å²) in [7, 11) is 0. The van der Waals surface area contributed by atoms with E-state index in [1.165, 1.54) is 5.57 Å². The molecule has 2 heterocycles. The topological polar surface area (TPSA) is 44.1 Å². The molecule has 0 fully saturated rings. The van der Waals surface area contributed by atoms with Gasteiger partial charge in [-0.25, -0.2) is 0 Å². The van der Waals surface area contributed by atoms with E-state index in [9.17, 15) is 4.79 Å². The lowest BCUT2D eigenvalue weighted by molar-refractivity contribution is -0.146. The zero-order valence-electron chi connectivity index (χ0n) is 9.87. The number of carbonyl (C=O) groups is 1. The Balaban J connectivity index is 1.98. The van der Waals surface area contributed by atoms with E-state index in [1.54, 1.807) is 6.20 Å². The molecule has 0 spiro atoms. The Morgan fingerprint density at radius 3 is 3.24 bits per heavy atom. The number of cyclic esters (lactones) is 1. The number of nitrogens with zero attached hydrogens (tertiary/aromatic N) is 2. The Morgan fingerprint density at radius 2 is 2.59 bits per heavy atom. The number of carbonyl (C=O) groups excluding carboxylic acids is 1. The fourth-order valence-electron chi connectivity index (χ4n) is 1.85. The summed E-state index contributed by atoms with van der Waals surface area (Å²) < 4.78 is 6.85. The first-order valence-corrected chi connectivity index (χ1v) is 5.74. The number of rotatable bonds is 4. The summed E-state index contributed by atoms with van der Waals surface area (Å²) in [5, 5.41) is 4.16. The van der Waals surface area contributed by atoms with Gasteiger partial charge in [-0.15, -0.1) is 0 Å². The first-order valence-electron chi connectivity index (χ1n) is 5.74. The van der Waals surface area contributed by atoms with Crippen LogP contribution in [0.25, 0.3) is 0 Å². The number of aromatic nitrogens is 2. The molecule has 0 radical (unpaired) electrons. The molecule has 0 saturated heterocycles. The predicted octanol–water partition coefficient (Wildman–Crippen LogP) is 1.95. The Kier molecular flexibility index (Phi) is 3.75. The zero-order chi connectivity index (χ0) is 12.1. The molecular weight excluding hydrogens is 216 g/mol. The fraction of sp³-hybridized carbons (Fsp3) is 0.385. The van der Waals surface area contributed by atoms with E-state index >= 15 is 0 Å². The zero-order valence-corrected chi connectivity index (χ0v) is 9.87. The maximum atomic E-state index is 11.5. The van der Waals surface area contributed by atoms with Crippen molar-refractivity contribution in [2.24, 2.45) is 5.92 Å². The second kappa shape index (κ2) is 5.48. The van der Waals surface area contributed by atoms with Crippen molar-refractivity contribution in [2.45, 2.75) is 19.9 Å². The molecule has 1 aromatic rings. The van der Waals surface area contributed by atoms with Gasteiger partial charge in [-0.1, -0.05) is 23.8 Å². The third-order valence-corrected chi connectivity index (χ3v) is 2.81. The number of hydrogen-bond donors (Lipinski definition) is 0. The van der Waals surface area contributed by atoms with E-state index in [0.717, 1.165) is 6.54 Å². The van der Waals surface area contributed by atoms with Gasteiger partial charge in [-0.3, -0.25) is 9.48 Å². The number of esters is 1. The van der Waals surface area contributed by atoms with Gasteiger partial charge in [0.1, 0.15) is 6.61 Å². The van der Waals surface area contributed by atoms with Gasteiger partial charge in [0.05, 0.1) is 12.5 Å². The van der Waals surface area contributed by atoms with Crippen LogP contribution in [0.5, 0.6) is 0 Å². The summed E-state index contributed by atoms with van der Waals surface area (Å²) in [6.07, 6.45) is 10.2. The van der Waals surface area contributed by atoms with Crippen LogP contribution < -0.4 is 0 Å². The quantitative estimate of drug-likeness (QED) is 0.588. The van der Waals surface area contributed by atoms with Crippen molar-refractivity contribution in [1.29, 1.82) is 0 Å². The Morgan fingerprint density at radius 1 is 1.71 bits per heavy atom. The molecule has 4 heteroatoms. The number of hydrogen-bond acceptors (Lipinski definition) is 3. The first-order chi connectivity index (χ1) is 8.29. The average Bonchev–Trinajstić information content (AvgIpc) is 2.84. The largest absolute Gasteiger partial charge is 0.461 e. The summed E-state index contributed by atoms with van der Waals surface area (Å²) in [4.78, 5) is 11.5. The molecule has 2 rings (SSSR count). The minimum atomic E-state index is -0.148.